The van der Waals surface area contributed by atoms with Gasteiger partial charge >= 0.3 is 0 Å². The van der Waals surface area contributed by atoms with E-state index >= 15 is 0 Å². The molecule has 0 amide bonds. The summed E-state index contributed by atoms with van der Waals surface area (Å²) in [6.45, 7) is 2.57. The molecule has 0 unspecified atom stereocenters. The first-order valence-corrected chi connectivity index (χ1v) is 8.12. The fourth-order valence-electron chi connectivity index (χ4n) is 2.43. The first-order valence-electron chi connectivity index (χ1n) is 7.24. The van der Waals surface area contributed by atoms with Crippen LogP contribution in [0.1, 0.15) is 11.5 Å². The highest BCUT2D eigenvalue weighted by molar-refractivity contribution is 7.13. The van der Waals surface area contributed by atoms with Crippen LogP contribution in [0.3, 0.4) is 0 Å². The van der Waals surface area contributed by atoms with Gasteiger partial charge in [-0.3, -0.25) is 4.98 Å². The van der Waals surface area contributed by atoms with Gasteiger partial charge in [-0.1, -0.05) is 12.1 Å². The van der Waals surface area contributed by atoms with Crippen LogP contribution in [-0.2, 0) is 6.54 Å². The molecule has 0 aliphatic carbocycles. The average Bonchev–Trinajstić information content (AvgIpc) is 3.28. The van der Waals surface area contributed by atoms with E-state index in [1.807, 2.05) is 53.4 Å². The number of imidazole rings is 1. The Bertz CT molecular complexity index is 909. The molecule has 23 heavy (non-hydrogen) atoms. The molecule has 6 heteroatoms. The van der Waals surface area contributed by atoms with Crippen molar-refractivity contribution in [1.29, 1.82) is 0 Å². The number of thiophene rings is 1. The van der Waals surface area contributed by atoms with Gasteiger partial charge in [-0.2, -0.15) is 0 Å². The summed E-state index contributed by atoms with van der Waals surface area (Å²) in [5.74, 6) is 2.20. The van der Waals surface area contributed by atoms with Crippen molar-refractivity contribution in [1.82, 2.24) is 19.5 Å². The largest absolute Gasteiger partial charge is 0.440 e. The van der Waals surface area contributed by atoms with E-state index in [1.54, 1.807) is 23.7 Å². The standard InChI is InChI=1S/C17H14N4OS/c1-12-15(20-17(22-12)14-6-4-10-23-14)16-19-8-9-21(16)11-13-5-2-3-7-18-13/h2-10H,11H2,1H3. The van der Waals surface area contributed by atoms with E-state index in [1.165, 1.54) is 0 Å². The van der Waals surface area contributed by atoms with Gasteiger partial charge in [-0.25, -0.2) is 9.97 Å². The van der Waals surface area contributed by atoms with Crippen LogP contribution < -0.4 is 0 Å². The van der Waals surface area contributed by atoms with Gasteiger partial charge < -0.3 is 8.98 Å². The zero-order valence-corrected chi connectivity index (χ0v) is 13.3. The molecule has 4 aromatic heterocycles. The lowest BCUT2D eigenvalue weighted by atomic mass is 10.3. The number of hydrogen-bond donors (Lipinski definition) is 0. The molecule has 4 aromatic rings. The molecule has 0 fully saturated rings. The maximum Gasteiger partial charge on any atom is 0.237 e. The fraction of sp³-hybridized carbons (Fsp3) is 0.118. The Hall–Kier alpha value is -2.73. The van der Waals surface area contributed by atoms with Crippen molar-refractivity contribution in [2.75, 3.05) is 0 Å². The van der Waals surface area contributed by atoms with Crippen molar-refractivity contribution in [3.8, 4) is 22.3 Å². The van der Waals surface area contributed by atoms with E-state index in [-0.39, 0.29) is 0 Å². The van der Waals surface area contributed by atoms with E-state index in [0.717, 1.165) is 27.8 Å². The smallest absolute Gasteiger partial charge is 0.237 e. The van der Waals surface area contributed by atoms with Gasteiger partial charge in [0.2, 0.25) is 5.89 Å². The van der Waals surface area contributed by atoms with Crippen LogP contribution in [-0.4, -0.2) is 19.5 Å². The summed E-state index contributed by atoms with van der Waals surface area (Å²) in [5, 5.41) is 2.01. The zero-order valence-electron chi connectivity index (χ0n) is 12.5. The predicted octanol–water partition coefficient (Wildman–Crippen LogP) is 4.02. The van der Waals surface area contributed by atoms with Crippen molar-refractivity contribution >= 4 is 11.3 Å². The molecule has 114 valence electrons. The number of aromatic nitrogens is 4. The minimum atomic E-state index is 0.639. The van der Waals surface area contributed by atoms with Gasteiger partial charge in [-0.15, -0.1) is 11.3 Å². The number of hydrogen-bond acceptors (Lipinski definition) is 5. The first-order chi connectivity index (χ1) is 11.3. The molecule has 0 aromatic carbocycles. The van der Waals surface area contributed by atoms with Crippen molar-refractivity contribution in [3.63, 3.8) is 0 Å². The van der Waals surface area contributed by atoms with Crippen LogP contribution in [0, 0.1) is 6.92 Å². The lowest BCUT2D eigenvalue weighted by Crippen LogP contribution is -2.03. The molecule has 4 heterocycles. The number of rotatable bonds is 4. The summed E-state index contributed by atoms with van der Waals surface area (Å²) in [6.07, 6.45) is 5.50. The first kappa shape index (κ1) is 13.9. The van der Waals surface area contributed by atoms with Gasteiger partial charge in [0.1, 0.15) is 11.5 Å². The minimum absolute atomic E-state index is 0.639. The monoisotopic (exact) mass is 322 g/mol. The molecule has 0 aliphatic heterocycles. The van der Waals surface area contributed by atoms with Gasteiger partial charge in [0.05, 0.1) is 17.1 Å². The Morgan fingerprint density at radius 3 is 2.87 bits per heavy atom. The molecule has 0 saturated heterocycles. The van der Waals surface area contributed by atoms with Crippen LogP contribution in [0.15, 0.2) is 58.7 Å². The van der Waals surface area contributed by atoms with E-state index in [2.05, 4.69) is 15.0 Å². The van der Waals surface area contributed by atoms with Crippen LogP contribution in [0.4, 0.5) is 0 Å². The van der Waals surface area contributed by atoms with Crippen LogP contribution >= 0.6 is 11.3 Å². The van der Waals surface area contributed by atoms with E-state index in [4.69, 9.17) is 4.42 Å². The molecule has 0 spiro atoms. The van der Waals surface area contributed by atoms with Crippen molar-refractivity contribution in [3.05, 3.63) is 65.8 Å². The Kier molecular flexibility index (Phi) is 3.51. The number of aryl methyl sites for hydroxylation is 1. The fourth-order valence-corrected chi connectivity index (χ4v) is 3.08. The third-order valence-electron chi connectivity index (χ3n) is 3.51. The second-order valence-electron chi connectivity index (χ2n) is 5.10. The predicted molar refractivity (Wildman–Crippen MR) is 89.1 cm³/mol. The Morgan fingerprint density at radius 1 is 1.13 bits per heavy atom. The van der Waals surface area contributed by atoms with E-state index in [0.29, 0.717) is 12.4 Å². The molecular formula is C17H14N4OS. The minimum Gasteiger partial charge on any atom is -0.440 e. The highest BCUT2D eigenvalue weighted by atomic mass is 32.1. The second-order valence-corrected chi connectivity index (χ2v) is 6.05. The topological polar surface area (TPSA) is 56.7 Å². The lowest BCUT2D eigenvalue weighted by Gasteiger charge is -2.05. The molecule has 0 N–H and O–H groups in total. The summed E-state index contributed by atoms with van der Waals surface area (Å²) in [5.41, 5.74) is 1.75. The molecule has 4 rings (SSSR count). The molecule has 0 bridgehead atoms. The third kappa shape index (κ3) is 2.68. The number of pyridine rings is 1. The SMILES string of the molecule is Cc1oc(-c2cccs2)nc1-c1nccn1Cc1ccccn1. The van der Waals surface area contributed by atoms with Crippen molar-refractivity contribution in [2.45, 2.75) is 13.5 Å². The summed E-state index contributed by atoms with van der Waals surface area (Å²) in [7, 11) is 0. The average molecular weight is 322 g/mol. The Morgan fingerprint density at radius 2 is 2.09 bits per heavy atom. The molecular weight excluding hydrogens is 308 g/mol. The Balaban J connectivity index is 1.71. The van der Waals surface area contributed by atoms with Gasteiger partial charge in [-0.05, 0) is 30.5 Å². The van der Waals surface area contributed by atoms with Gasteiger partial charge in [0.25, 0.3) is 0 Å². The zero-order chi connectivity index (χ0) is 15.6. The molecule has 0 atom stereocenters. The summed E-state index contributed by atoms with van der Waals surface area (Å²) in [6, 6.07) is 9.88. The molecule has 5 nitrogen and oxygen atoms in total. The number of oxazole rings is 1. The number of nitrogens with zero attached hydrogens (tertiary/aromatic N) is 4. The molecule has 0 radical (unpaired) electrons. The summed E-state index contributed by atoms with van der Waals surface area (Å²) in [4.78, 5) is 14.5. The highest BCUT2D eigenvalue weighted by Gasteiger charge is 2.18. The van der Waals surface area contributed by atoms with Gasteiger partial charge in [0, 0.05) is 18.6 Å². The molecule has 0 saturated carbocycles. The maximum absolute atomic E-state index is 5.82. The maximum atomic E-state index is 5.82. The lowest BCUT2D eigenvalue weighted by molar-refractivity contribution is 0.544. The van der Waals surface area contributed by atoms with E-state index < -0.39 is 0 Å². The van der Waals surface area contributed by atoms with Crippen molar-refractivity contribution < 1.29 is 4.42 Å². The van der Waals surface area contributed by atoms with Crippen molar-refractivity contribution in [2.24, 2.45) is 0 Å². The van der Waals surface area contributed by atoms with Crippen LogP contribution in [0.5, 0.6) is 0 Å². The van der Waals surface area contributed by atoms with E-state index in [9.17, 15) is 0 Å². The normalized spacial score (nSPS) is 11.0. The highest BCUT2D eigenvalue weighted by Crippen LogP contribution is 2.30. The van der Waals surface area contributed by atoms with Crippen LogP contribution in [0.25, 0.3) is 22.3 Å². The van der Waals surface area contributed by atoms with Crippen LogP contribution in [0.2, 0.25) is 0 Å². The second kappa shape index (κ2) is 5.81. The molecule has 0 aliphatic rings. The Labute approximate surface area is 137 Å². The van der Waals surface area contributed by atoms with Gasteiger partial charge in [0.15, 0.2) is 5.82 Å². The quantitative estimate of drug-likeness (QED) is 0.569. The summed E-state index contributed by atoms with van der Waals surface area (Å²) < 4.78 is 7.85. The third-order valence-corrected chi connectivity index (χ3v) is 4.37. The summed E-state index contributed by atoms with van der Waals surface area (Å²) >= 11 is 1.61.